The van der Waals surface area contributed by atoms with Gasteiger partial charge in [-0.25, -0.2) is 0 Å². The maximum atomic E-state index is 5.59. The largest absolute Gasteiger partial charge is 0.369 e. The molecule has 0 spiro atoms. The van der Waals surface area contributed by atoms with Crippen LogP contribution in [0.15, 0.2) is 36.5 Å². The summed E-state index contributed by atoms with van der Waals surface area (Å²) >= 11 is 0. The van der Waals surface area contributed by atoms with Crippen molar-refractivity contribution < 1.29 is 14.2 Å². The first-order valence-corrected chi connectivity index (χ1v) is 5.98. The van der Waals surface area contributed by atoms with Gasteiger partial charge in [0.25, 0.3) is 0 Å². The van der Waals surface area contributed by atoms with Crippen molar-refractivity contribution in [3.05, 3.63) is 36.5 Å². The highest BCUT2D eigenvalue weighted by Gasteiger charge is 2.28. The van der Waals surface area contributed by atoms with E-state index in [0.29, 0.717) is 19.8 Å². The van der Waals surface area contributed by atoms with Crippen molar-refractivity contribution >= 4 is 0 Å². The molecule has 0 N–H and O–H groups in total. The average molecular weight is 238 g/mol. The van der Waals surface area contributed by atoms with E-state index in [1.165, 1.54) is 0 Å². The van der Waals surface area contributed by atoms with E-state index in [1.807, 2.05) is 57.2 Å². The molecule has 1 fully saturated rings. The Hall–Kier alpha value is -0.900. The van der Waals surface area contributed by atoms with Gasteiger partial charge >= 0.3 is 0 Å². The van der Waals surface area contributed by atoms with Crippen LogP contribution in [0.3, 0.4) is 0 Å². The van der Waals surface area contributed by atoms with Gasteiger partial charge in [-0.2, -0.15) is 0 Å². The summed E-state index contributed by atoms with van der Waals surface area (Å²) < 4.78 is 16.6. The highest BCUT2D eigenvalue weighted by Crippen LogP contribution is 2.18. The third-order valence-corrected chi connectivity index (χ3v) is 2.32. The van der Waals surface area contributed by atoms with E-state index in [4.69, 9.17) is 14.2 Å². The molecule has 0 aromatic heterocycles. The summed E-state index contributed by atoms with van der Waals surface area (Å²) in [6.45, 7) is 7.58. The molecule has 0 amide bonds. The molecule has 0 aromatic carbocycles. The van der Waals surface area contributed by atoms with E-state index in [0.717, 1.165) is 0 Å². The van der Waals surface area contributed by atoms with Crippen LogP contribution in [-0.4, -0.2) is 31.7 Å². The maximum absolute atomic E-state index is 5.59. The Kier molecular flexibility index (Phi) is 6.19. The third-order valence-electron chi connectivity index (χ3n) is 2.32. The van der Waals surface area contributed by atoms with Crippen LogP contribution in [0.5, 0.6) is 0 Å². The van der Waals surface area contributed by atoms with Crippen LogP contribution in [0, 0.1) is 0 Å². The lowest BCUT2D eigenvalue weighted by Gasteiger charge is -2.34. The summed E-state index contributed by atoms with van der Waals surface area (Å²) in [6.07, 6.45) is 11.9. The molecule has 0 unspecified atom stereocenters. The first-order valence-electron chi connectivity index (χ1n) is 5.98. The summed E-state index contributed by atoms with van der Waals surface area (Å²) in [4.78, 5) is 0. The van der Waals surface area contributed by atoms with Crippen LogP contribution >= 0.6 is 0 Å². The number of ether oxygens (including phenoxy) is 3. The molecule has 17 heavy (non-hydrogen) atoms. The van der Waals surface area contributed by atoms with Crippen LogP contribution in [0.25, 0.3) is 0 Å². The molecule has 3 nitrogen and oxygen atoms in total. The lowest BCUT2D eigenvalue weighted by atomic mass is 10.3. The average Bonchev–Trinajstić information content (AvgIpc) is 2.30. The second kappa shape index (κ2) is 7.43. The molecule has 1 aliphatic rings. The lowest BCUT2D eigenvalue weighted by Crippen LogP contribution is -2.43. The molecule has 1 aliphatic heterocycles. The van der Waals surface area contributed by atoms with E-state index >= 15 is 0 Å². The van der Waals surface area contributed by atoms with Crippen LogP contribution in [0.2, 0.25) is 0 Å². The molecule has 0 bridgehead atoms. The van der Waals surface area contributed by atoms with Crippen molar-refractivity contribution in [2.24, 2.45) is 0 Å². The molecule has 1 rings (SSSR count). The fourth-order valence-corrected chi connectivity index (χ4v) is 1.34. The Morgan fingerprint density at radius 3 is 2.41 bits per heavy atom. The highest BCUT2D eigenvalue weighted by atomic mass is 16.7. The van der Waals surface area contributed by atoms with Crippen molar-refractivity contribution in [3.8, 4) is 0 Å². The molecule has 0 atom stereocenters. The lowest BCUT2D eigenvalue weighted by molar-refractivity contribution is -0.278. The minimum Gasteiger partial charge on any atom is -0.369 e. The predicted octanol–water partition coefficient (Wildman–Crippen LogP) is 2.84. The Balaban J connectivity index is 2.12. The van der Waals surface area contributed by atoms with E-state index in [-0.39, 0.29) is 6.10 Å². The molecular weight excluding hydrogens is 216 g/mol. The van der Waals surface area contributed by atoms with Crippen LogP contribution in [0.4, 0.5) is 0 Å². The van der Waals surface area contributed by atoms with E-state index in [2.05, 4.69) is 0 Å². The van der Waals surface area contributed by atoms with Gasteiger partial charge in [0.15, 0.2) is 5.79 Å². The number of hydrogen-bond donors (Lipinski definition) is 0. The molecule has 0 aromatic rings. The number of hydrogen-bond acceptors (Lipinski definition) is 3. The first-order chi connectivity index (χ1) is 8.14. The summed E-state index contributed by atoms with van der Waals surface area (Å²) in [5.74, 6) is -0.467. The maximum Gasteiger partial charge on any atom is 0.163 e. The van der Waals surface area contributed by atoms with Gasteiger partial charge in [0.2, 0.25) is 0 Å². The van der Waals surface area contributed by atoms with Crippen molar-refractivity contribution in [1.82, 2.24) is 0 Å². The molecule has 1 heterocycles. The Morgan fingerprint density at radius 1 is 1.12 bits per heavy atom. The van der Waals surface area contributed by atoms with Crippen molar-refractivity contribution in [2.45, 2.75) is 32.7 Å². The predicted molar refractivity (Wildman–Crippen MR) is 68.8 cm³/mol. The Bertz CT molecular complexity index is 280. The summed E-state index contributed by atoms with van der Waals surface area (Å²) in [7, 11) is 0. The van der Waals surface area contributed by atoms with E-state index in [1.54, 1.807) is 0 Å². The van der Waals surface area contributed by atoms with E-state index in [9.17, 15) is 0 Å². The second-order valence-corrected chi connectivity index (χ2v) is 4.32. The van der Waals surface area contributed by atoms with Gasteiger partial charge in [0.05, 0.1) is 19.8 Å². The SMILES string of the molecule is C\C=C/C=C\C=C\COC1COC(C)(C)OC1. The summed E-state index contributed by atoms with van der Waals surface area (Å²) in [5.41, 5.74) is 0. The smallest absolute Gasteiger partial charge is 0.163 e. The zero-order valence-corrected chi connectivity index (χ0v) is 10.9. The second-order valence-electron chi connectivity index (χ2n) is 4.32. The Morgan fingerprint density at radius 2 is 1.76 bits per heavy atom. The third kappa shape index (κ3) is 6.41. The monoisotopic (exact) mass is 238 g/mol. The standard InChI is InChI=1S/C14H22O3/c1-4-5-6-7-8-9-10-15-13-11-16-14(2,3)17-12-13/h4-9,13H,10-12H2,1-3H3/b5-4-,7-6-,9-8+. The van der Waals surface area contributed by atoms with Gasteiger partial charge in [-0.1, -0.05) is 36.5 Å². The number of allylic oxidation sites excluding steroid dienone is 5. The fourth-order valence-electron chi connectivity index (χ4n) is 1.34. The van der Waals surface area contributed by atoms with Crippen LogP contribution in [0.1, 0.15) is 20.8 Å². The molecule has 0 aliphatic carbocycles. The number of rotatable bonds is 5. The minimum atomic E-state index is -0.467. The van der Waals surface area contributed by atoms with E-state index < -0.39 is 5.79 Å². The topological polar surface area (TPSA) is 27.7 Å². The summed E-state index contributed by atoms with van der Waals surface area (Å²) in [5, 5.41) is 0. The van der Waals surface area contributed by atoms with Crippen molar-refractivity contribution in [2.75, 3.05) is 19.8 Å². The normalized spacial score (nSPS) is 22.1. The van der Waals surface area contributed by atoms with Gasteiger partial charge in [-0.3, -0.25) is 0 Å². The highest BCUT2D eigenvalue weighted by molar-refractivity contribution is 5.10. The van der Waals surface area contributed by atoms with Gasteiger partial charge in [-0.15, -0.1) is 0 Å². The van der Waals surface area contributed by atoms with Crippen molar-refractivity contribution in [1.29, 1.82) is 0 Å². The molecule has 96 valence electrons. The fraction of sp³-hybridized carbons (Fsp3) is 0.571. The van der Waals surface area contributed by atoms with Gasteiger partial charge in [0.1, 0.15) is 6.10 Å². The Labute approximate surface area is 104 Å². The summed E-state index contributed by atoms with van der Waals surface area (Å²) in [6, 6.07) is 0. The van der Waals surface area contributed by atoms with Crippen LogP contribution in [-0.2, 0) is 14.2 Å². The zero-order chi connectivity index (χ0) is 12.6. The molecular formula is C14H22O3. The quantitative estimate of drug-likeness (QED) is 0.689. The molecule has 1 saturated heterocycles. The van der Waals surface area contributed by atoms with Gasteiger partial charge in [-0.05, 0) is 20.8 Å². The molecule has 0 radical (unpaired) electrons. The first kappa shape index (κ1) is 14.2. The van der Waals surface area contributed by atoms with Crippen molar-refractivity contribution in [3.63, 3.8) is 0 Å². The molecule has 0 saturated carbocycles. The van der Waals surface area contributed by atoms with Gasteiger partial charge in [0, 0.05) is 0 Å². The zero-order valence-electron chi connectivity index (χ0n) is 10.9. The molecule has 3 heteroatoms. The van der Waals surface area contributed by atoms with Gasteiger partial charge < -0.3 is 14.2 Å². The minimum absolute atomic E-state index is 0.0344. The van der Waals surface area contributed by atoms with Crippen LogP contribution < -0.4 is 0 Å².